The second-order valence-corrected chi connectivity index (χ2v) is 5.95. The lowest BCUT2D eigenvalue weighted by atomic mass is 10.1. The molecule has 5 nitrogen and oxygen atoms in total. The van der Waals surface area contributed by atoms with Crippen LogP contribution in [0.1, 0.15) is 18.9 Å². The number of piperazine rings is 1. The van der Waals surface area contributed by atoms with Crippen LogP contribution >= 0.6 is 11.6 Å². The van der Waals surface area contributed by atoms with Crippen molar-refractivity contribution in [2.45, 2.75) is 25.9 Å². The molecular formula is C16H21ClN2O3. The lowest BCUT2D eigenvalue weighted by Gasteiger charge is -2.35. The summed E-state index contributed by atoms with van der Waals surface area (Å²) in [5, 5.41) is 9.97. The minimum atomic E-state index is -0.981. The molecule has 1 aromatic rings. The molecule has 0 aliphatic carbocycles. The van der Waals surface area contributed by atoms with Crippen molar-refractivity contribution in [1.82, 2.24) is 9.80 Å². The van der Waals surface area contributed by atoms with E-state index in [-0.39, 0.29) is 11.8 Å². The van der Waals surface area contributed by atoms with Crippen molar-refractivity contribution in [1.29, 1.82) is 0 Å². The van der Waals surface area contributed by atoms with Gasteiger partial charge in [-0.1, -0.05) is 23.7 Å². The quantitative estimate of drug-likeness (QED) is 0.909. The van der Waals surface area contributed by atoms with Crippen LogP contribution in [0.5, 0.6) is 0 Å². The van der Waals surface area contributed by atoms with Gasteiger partial charge < -0.3 is 14.9 Å². The maximum absolute atomic E-state index is 12.2. The van der Waals surface area contributed by atoms with Gasteiger partial charge in [0, 0.05) is 37.6 Å². The number of carbonyl (C=O) groups excluding carboxylic acids is 2. The summed E-state index contributed by atoms with van der Waals surface area (Å²) in [5.41, 5.74) is 1.05. The molecule has 0 aromatic heterocycles. The third-order valence-corrected chi connectivity index (χ3v) is 4.05. The largest absolute Gasteiger partial charge is 0.384 e. The molecule has 1 aromatic carbocycles. The van der Waals surface area contributed by atoms with Crippen LogP contribution in [-0.4, -0.2) is 59.0 Å². The molecule has 1 aliphatic heterocycles. The van der Waals surface area contributed by atoms with Crippen molar-refractivity contribution in [2.75, 3.05) is 26.2 Å². The van der Waals surface area contributed by atoms with E-state index in [0.29, 0.717) is 44.0 Å². The second-order valence-electron chi connectivity index (χ2n) is 5.51. The summed E-state index contributed by atoms with van der Waals surface area (Å²) in [7, 11) is 0. The summed E-state index contributed by atoms with van der Waals surface area (Å²) < 4.78 is 0. The number of amides is 2. The van der Waals surface area contributed by atoms with E-state index in [4.69, 9.17) is 11.6 Å². The third kappa shape index (κ3) is 4.45. The van der Waals surface area contributed by atoms with Crippen LogP contribution in [0, 0.1) is 0 Å². The van der Waals surface area contributed by atoms with E-state index in [0.717, 1.165) is 5.56 Å². The Labute approximate surface area is 135 Å². The molecule has 2 rings (SSSR count). The van der Waals surface area contributed by atoms with Gasteiger partial charge in [-0.05, 0) is 31.0 Å². The molecule has 6 heteroatoms. The molecule has 22 heavy (non-hydrogen) atoms. The van der Waals surface area contributed by atoms with Crippen LogP contribution in [0.2, 0.25) is 5.02 Å². The van der Waals surface area contributed by atoms with Crippen molar-refractivity contribution < 1.29 is 14.7 Å². The van der Waals surface area contributed by atoms with Crippen molar-refractivity contribution in [3.63, 3.8) is 0 Å². The second kappa shape index (κ2) is 7.61. The van der Waals surface area contributed by atoms with Crippen molar-refractivity contribution in [3.05, 3.63) is 34.9 Å². The molecule has 0 saturated carbocycles. The first kappa shape index (κ1) is 16.8. The fourth-order valence-electron chi connectivity index (χ4n) is 2.54. The number of benzene rings is 1. The minimum absolute atomic E-state index is 0.0871. The van der Waals surface area contributed by atoms with E-state index in [1.807, 2.05) is 24.3 Å². The maximum Gasteiger partial charge on any atom is 0.251 e. The number of aliphatic hydroxyl groups is 1. The molecule has 1 heterocycles. The molecule has 1 N–H and O–H groups in total. The van der Waals surface area contributed by atoms with Gasteiger partial charge in [0.05, 0.1) is 0 Å². The van der Waals surface area contributed by atoms with Gasteiger partial charge in [-0.25, -0.2) is 0 Å². The maximum atomic E-state index is 12.2. The lowest BCUT2D eigenvalue weighted by Crippen LogP contribution is -2.52. The molecule has 0 bridgehead atoms. The Balaban J connectivity index is 1.79. The minimum Gasteiger partial charge on any atom is -0.384 e. The number of aryl methyl sites for hydroxylation is 1. The number of halogens is 1. The molecule has 1 aliphatic rings. The number of carbonyl (C=O) groups is 2. The predicted molar refractivity (Wildman–Crippen MR) is 84.6 cm³/mol. The summed E-state index contributed by atoms with van der Waals surface area (Å²) in [4.78, 5) is 27.3. The summed E-state index contributed by atoms with van der Waals surface area (Å²) in [6.07, 6.45) is 0.113. The van der Waals surface area contributed by atoms with Gasteiger partial charge in [0.1, 0.15) is 6.10 Å². The Morgan fingerprint density at radius 1 is 1.23 bits per heavy atom. The molecule has 1 atom stereocenters. The van der Waals surface area contributed by atoms with Gasteiger partial charge in [0.2, 0.25) is 5.91 Å². The first-order chi connectivity index (χ1) is 10.5. The Morgan fingerprint density at radius 2 is 1.86 bits per heavy atom. The highest BCUT2D eigenvalue weighted by molar-refractivity contribution is 6.30. The molecule has 0 radical (unpaired) electrons. The summed E-state index contributed by atoms with van der Waals surface area (Å²) in [6, 6.07) is 7.51. The molecule has 1 unspecified atom stereocenters. The van der Waals surface area contributed by atoms with Gasteiger partial charge in [0.15, 0.2) is 0 Å². The SMILES string of the molecule is CC(O)C(=O)N1CCN(C(=O)CCc2cccc(Cl)c2)CC1. The highest BCUT2D eigenvalue weighted by Gasteiger charge is 2.25. The van der Waals surface area contributed by atoms with Crippen LogP contribution in [-0.2, 0) is 16.0 Å². The smallest absolute Gasteiger partial charge is 0.251 e. The van der Waals surface area contributed by atoms with E-state index in [9.17, 15) is 14.7 Å². The Kier molecular flexibility index (Phi) is 5.80. The standard InChI is InChI=1S/C16H21ClN2O3/c1-12(20)16(22)19-9-7-18(8-10-19)15(21)6-5-13-3-2-4-14(17)11-13/h2-4,11-12,20H,5-10H2,1H3. The van der Waals surface area contributed by atoms with E-state index >= 15 is 0 Å². The van der Waals surface area contributed by atoms with Gasteiger partial charge in [0.25, 0.3) is 5.91 Å². The van der Waals surface area contributed by atoms with Gasteiger partial charge >= 0.3 is 0 Å². The van der Waals surface area contributed by atoms with Crippen molar-refractivity contribution in [2.24, 2.45) is 0 Å². The first-order valence-electron chi connectivity index (χ1n) is 7.46. The van der Waals surface area contributed by atoms with E-state index in [2.05, 4.69) is 0 Å². The molecule has 120 valence electrons. The van der Waals surface area contributed by atoms with Gasteiger partial charge in [-0.2, -0.15) is 0 Å². The van der Waals surface area contributed by atoms with Gasteiger partial charge in [-0.15, -0.1) is 0 Å². The zero-order valence-corrected chi connectivity index (χ0v) is 13.4. The van der Waals surface area contributed by atoms with Crippen molar-refractivity contribution >= 4 is 23.4 Å². The Hall–Kier alpha value is -1.59. The van der Waals surface area contributed by atoms with Crippen molar-refractivity contribution in [3.8, 4) is 0 Å². The molecule has 1 fully saturated rings. The number of hydrogen-bond donors (Lipinski definition) is 1. The number of hydrogen-bond acceptors (Lipinski definition) is 3. The Morgan fingerprint density at radius 3 is 2.45 bits per heavy atom. The number of rotatable bonds is 4. The molecule has 2 amide bonds. The molecular weight excluding hydrogens is 304 g/mol. The van der Waals surface area contributed by atoms with Crippen LogP contribution in [0.25, 0.3) is 0 Å². The zero-order chi connectivity index (χ0) is 16.1. The topological polar surface area (TPSA) is 60.9 Å². The number of aliphatic hydroxyl groups excluding tert-OH is 1. The summed E-state index contributed by atoms with van der Waals surface area (Å²) in [5.74, 6) is -0.185. The predicted octanol–water partition coefficient (Wildman–Crippen LogP) is 1.32. The van der Waals surface area contributed by atoms with Crippen LogP contribution in [0.15, 0.2) is 24.3 Å². The fraction of sp³-hybridized carbons (Fsp3) is 0.500. The van der Waals surface area contributed by atoms with E-state index in [1.165, 1.54) is 6.92 Å². The van der Waals surface area contributed by atoms with Crippen LogP contribution in [0.3, 0.4) is 0 Å². The average Bonchev–Trinajstić information content (AvgIpc) is 2.52. The average molecular weight is 325 g/mol. The van der Waals surface area contributed by atoms with E-state index in [1.54, 1.807) is 9.80 Å². The summed E-state index contributed by atoms with van der Waals surface area (Å²) >= 11 is 5.93. The summed E-state index contributed by atoms with van der Waals surface area (Å²) in [6.45, 7) is 3.46. The fourth-order valence-corrected chi connectivity index (χ4v) is 2.76. The van der Waals surface area contributed by atoms with Crippen LogP contribution in [0.4, 0.5) is 0 Å². The third-order valence-electron chi connectivity index (χ3n) is 3.82. The normalized spacial score (nSPS) is 16.5. The lowest BCUT2D eigenvalue weighted by molar-refractivity contribution is -0.144. The first-order valence-corrected chi connectivity index (χ1v) is 7.84. The highest BCUT2D eigenvalue weighted by atomic mass is 35.5. The van der Waals surface area contributed by atoms with E-state index < -0.39 is 6.10 Å². The monoisotopic (exact) mass is 324 g/mol. The zero-order valence-electron chi connectivity index (χ0n) is 12.7. The van der Waals surface area contributed by atoms with Gasteiger partial charge in [-0.3, -0.25) is 9.59 Å². The Bertz CT molecular complexity index is 540. The van der Waals surface area contributed by atoms with Crippen LogP contribution < -0.4 is 0 Å². The highest BCUT2D eigenvalue weighted by Crippen LogP contribution is 2.13. The molecule has 1 saturated heterocycles. The molecule has 0 spiro atoms. The number of nitrogens with zero attached hydrogens (tertiary/aromatic N) is 2.